The molecular formula is C23H25N5O2. The van der Waals surface area contributed by atoms with Crippen molar-refractivity contribution >= 4 is 17.5 Å². The predicted molar refractivity (Wildman–Crippen MR) is 116 cm³/mol. The van der Waals surface area contributed by atoms with Crippen LogP contribution in [-0.2, 0) is 5.41 Å². The van der Waals surface area contributed by atoms with E-state index in [1.165, 1.54) is 18.4 Å². The van der Waals surface area contributed by atoms with Gasteiger partial charge in [-0.3, -0.25) is 0 Å². The highest BCUT2D eigenvalue weighted by molar-refractivity contribution is 5.69. The van der Waals surface area contributed by atoms with Crippen LogP contribution >= 0.6 is 0 Å². The Bertz CT molecular complexity index is 1100. The van der Waals surface area contributed by atoms with E-state index in [2.05, 4.69) is 38.8 Å². The molecule has 0 bridgehead atoms. The van der Waals surface area contributed by atoms with Gasteiger partial charge in [0.25, 0.3) is 0 Å². The Morgan fingerprint density at radius 3 is 2.87 bits per heavy atom. The zero-order chi connectivity index (χ0) is 20.7. The molecule has 5 rings (SSSR count). The number of nitrogens with zero attached hydrogens (tertiary/aromatic N) is 3. The summed E-state index contributed by atoms with van der Waals surface area (Å²) in [5.41, 5.74) is 4.50. The van der Waals surface area contributed by atoms with Gasteiger partial charge in [0.05, 0.1) is 25.1 Å². The summed E-state index contributed by atoms with van der Waals surface area (Å²) in [5, 5.41) is 16.4. The van der Waals surface area contributed by atoms with E-state index in [1.807, 2.05) is 19.1 Å². The molecule has 7 nitrogen and oxygen atoms in total. The molecular weight excluding hydrogens is 378 g/mol. The first kappa shape index (κ1) is 18.8. The van der Waals surface area contributed by atoms with Crippen molar-refractivity contribution in [3.05, 3.63) is 53.9 Å². The lowest BCUT2D eigenvalue weighted by atomic mass is 9.85. The zero-order valence-corrected chi connectivity index (χ0v) is 17.1. The first-order valence-corrected chi connectivity index (χ1v) is 10.2. The lowest BCUT2D eigenvalue weighted by Gasteiger charge is -2.20. The van der Waals surface area contributed by atoms with Gasteiger partial charge in [0.15, 0.2) is 0 Å². The molecule has 3 heterocycles. The van der Waals surface area contributed by atoms with Crippen molar-refractivity contribution in [2.45, 2.75) is 31.1 Å². The number of aliphatic hydroxyl groups excluding tert-OH is 1. The number of methoxy groups -OCH3 is 1. The third-order valence-electron chi connectivity index (χ3n) is 6.00. The largest absolute Gasteiger partial charge is 0.495 e. The Labute approximate surface area is 175 Å². The minimum Gasteiger partial charge on any atom is -0.495 e. The van der Waals surface area contributed by atoms with E-state index in [-0.39, 0.29) is 12.0 Å². The molecule has 1 fully saturated rings. The summed E-state index contributed by atoms with van der Waals surface area (Å²) in [6.45, 7) is 2.76. The van der Waals surface area contributed by atoms with Gasteiger partial charge in [-0.05, 0) is 48.6 Å². The molecule has 0 radical (unpaired) electrons. The van der Waals surface area contributed by atoms with E-state index in [0.29, 0.717) is 18.4 Å². The summed E-state index contributed by atoms with van der Waals surface area (Å²) in [5.74, 6) is 2.74. The fourth-order valence-corrected chi connectivity index (χ4v) is 3.91. The second-order valence-corrected chi connectivity index (χ2v) is 8.32. The van der Waals surface area contributed by atoms with Gasteiger partial charge in [0.2, 0.25) is 5.95 Å². The van der Waals surface area contributed by atoms with Crippen LogP contribution in [0.15, 0.2) is 42.7 Å². The smallest absolute Gasteiger partial charge is 0.227 e. The first-order valence-electron chi connectivity index (χ1n) is 10.2. The van der Waals surface area contributed by atoms with Crippen LogP contribution in [0, 0.1) is 0 Å². The number of aromatic nitrogens is 3. The normalized spacial score (nSPS) is 19.8. The highest BCUT2D eigenvalue weighted by Crippen LogP contribution is 2.43. The molecule has 154 valence electrons. The summed E-state index contributed by atoms with van der Waals surface area (Å²) >= 11 is 0. The predicted octanol–water partition coefficient (Wildman–Crippen LogP) is 3.84. The van der Waals surface area contributed by atoms with Crippen LogP contribution < -0.4 is 15.4 Å². The highest BCUT2D eigenvalue weighted by Gasteiger charge is 2.35. The number of hydrogen-bond acceptors (Lipinski definition) is 7. The molecule has 1 aromatic carbocycles. The molecule has 0 saturated heterocycles. The molecule has 7 heteroatoms. The van der Waals surface area contributed by atoms with Crippen molar-refractivity contribution in [2.75, 3.05) is 30.9 Å². The number of hydrogen-bond donors (Lipinski definition) is 3. The minimum absolute atomic E-state index is 0.0614. The number of pyridine rings is 1. The maximum atomic E-state index is 9.84. The van der Waals surface area contributed by atoms with E-state index in [9.17, 15) is 5.11 Å². The average molecular weight is 403 g/mol. The third kappa shape index (κ3) is 3.35. The number of ether oxygens (including phenoxy) is 1. The average Bonchev–Trinajstić information content (AvgIpc) is 3.58. The van der Waals surface area contributed by atoms with Gasteiger partial charge in [0.1, 0.15) is 11.6 Å². The second-order valence-electron chi connectivity index (χ2n) is 8.32. The number of nitrogens with one attached hydrogen (secondary N) is 2. The summed E-state index contributed by atoms with van der Waals surface area (Å²) < 4.78 is 5.51. The lowest BCUT2D eigenvalue weighted by Crippen LogP contribution is -2.28. The van der Waals surface area contributed by atoms with E-state index >= 15 is 0 Å². The van der Waals surface area contributed by atoms with Crippen LogP contribution in [0.2, 0.25) is 0 Å². The molecule has 1 aliphatic heterocycles. The zero-order valence-electron chi connectivity index (χ0n) is 17.1. The van der Waals surface area contributed by atoms with Crippen molar-refractivity contribution in [1.29, 1.82) is 0 Å². The Balaban J connectivity index is 1.46. The Hall–Kier alpha value is -3.19. The van der Waals surface area contributed by atoms with Crippen molar-refractivity contribution in [2.24, 2.45) is 0 Å². The third-order valence-corrected chi connectivity index (χ3v) is 6.00. The minimum atomic E-state index is -0.344. The summed E-state index contributed by atoms with van der Waals surface area (Å²) in [6.07, 6.45) is 6.02. The topological polar surface area (TPSA) is 92.2 Å². The molecule has 30 heavy (non-hydrogen) atoms. The summed E-state index contributed by atoms with van der Waals surface area (Å²) in [7, 11) is 1.66. The van der Waals surface area contributed by atoms with Crippen LogP contribution in [0.5, 0.6) is 5.75 Å². The van der Waals surface area contributed by atoms with Gasteiger partial charge in [-0.2, -0.15) is 0 Å². The monoisotopic (exact) mass is 403 g/mol. The molecule has 0 amide bonds. The van der Waals surface area contributed by atoms with Crippen LogP contribution in [0.1, 0.15) is 36.8 Å². The first-order chi connectivity index (χ1) is 14.6. The van der Waals surface area contributed by atoms with Crippen molar-refractivity contribution in [1.82, 2.24) is 15.0 Å². The molecule has 1 saturated carbocycles. The quantitative estimate of drug-likeness (QED) is 0.576. The van der Waals surface area contributed by atoms with Crippen LogP contribution in [0.25, 0.3) is 11.3 Å². The van der Waals surface area contributed by atoms with Gasteiger partial charge < -0.3 is 20.5 Å². The second kappa shape index (κ2) is 7.25. The Morgan fingerprint density at radius 1 is 1.23 bits per heavy atom. The van der Waals surface area contributed by atoms with Crippen molar-refractivity contribution in [3.8, 4) is 17.0 Å². The van der Waals surface area contributed by atoms with Gasteiger partial charge in [-0.15, -0.1) is 0 Å². The number of benzene rings is 1. The number of rotatable bonds is 6. The molecule has 2 aliphatic rings. The molecule has 1 aliphatic carbocycles. The summed E-state index contributed by atoms with van der Waals surface area (Å²) in [4.78, 5) is 13.6. The molecule has 3 aromatic rings. The van der Waals surface area contributed by atoms with Crippen LogP contribution in [0.3, 0.4) is 0 Å². The summed E-state index contributed by atoms with van der Waals surface area (Å²) in [6, 6.07) is 10.2. The van der Waals surface area contributed by atoms with Crippen LogP contribution in [-0.4, -0.2) is 40.3 Å². The lowest BCUT2D eigenvalue weighted by molar-refractivity contribution is 0.218. The van der Waals surface area contributed by atoms with Gasteiger partial charge in [0, 0.05) is 35.5 Å². The van der Waals surface area contributed by atoms with E-state index in [0.717, 1.165) is 34.1 Å². The fraction of sp³-hybridized carbons (Fsp3) is 0.348. The van der Waals surface area contributed by atoms with E-state index < -0.39 is 0 Å². The van der Waals surface area contributed by atoms with Gasteiger partial charge >= 0.3 is 0 Å². The van der Waals surface area contributed by atoms with Crippen molar-refractivity contribution < 1.29 is 9.84 Å². The molecule has 3 N–H and O–H groups in total. The van der Waals surface area contributed by atoms with Gasteiger partial charge in [-0.1, -0.05) is 13.0 Å². The number of aliphatic hydroxyl groups is 1. The maximum Gasteiger partial charge on any atom is 0.227 e. The van der Waals surface area contributed by atoms with E-state index in [1.54, 1.807) is 19.5 Å². The maximum absolute atomic E-state index is 9.84. The standard InChI is InChI=1S/C23H25N5O2/c1-23(13-29)12-26-21-17(23)9-16(11-25-21)18-7-8-24-22(27-18)28-19-10-15(14-3-4-14)5-6-20(19)30-2/h5-11,14,29H,3-4,12-13H2,1-2H3,(H,25,26)(H,24,27,28). The fourth-order valence-electron chi connectivity index (χ4n) is 3.91. The van der Waals surface area contributed by atoms with Gasteiger partial charge in [-0.25, -0.2) is 15.0 Å². The Kier molecular flexibility index (Phi) is 4.55. The number of fused-ring (bicyclic) bond motifs is 1. The SMILES string of the molecule is COc1ccc(C2CC2)cc1Nc1nccc(-c2cnc3c(c2)C(C)(CO)CN3)n1. The van der Waals surface area contributed by atoms with Crippen molar-refractivity contribution in [3.63, 3.8) is 0 Å². The van der Waals surface area contributed by atoms with E-state index in [4.69, 9.17) is 9.72 Å². The Morgan fingerprint density at radius 2 is 2.10 bits per heavy atom. The van der Waals surface area contributed by atoms with Crippen LogP contribution in [0.4, 0.5) is 17.5 Å². The molecule has 1 unspecified atom stereocenters. The molecule has 2 aromatic heterocycles. The molecule has 1 atom stereocenters. The molecule has 0 spiro atoms. The number of anilines is 3. The highest BCUT2D eigenvalue weighted by atomic mass is 16.5.